The molecule has 1 fully saturated rings. The van der Waals surface area contributed by atoms with Crippen molar-refractivity contribution in [3.63, 3.8) is 0 Å². The van der Waals surface area contributed by atoms with E-state index in [1.165, 1.54) is 11.3 Å². The molecule has 0 spiro atoms. The Hall–Kier alpha value is -0.690. The fourth-order valence-corrected chi connectivity index (χ4v) is 6.97. The minimum absolute atomic E-state index is 0.0507. The Morgan fingerprint density at radius 1 is 1.29 bits per heavy atom. The van der Waals surface area contributed by atoms with Crippen LogP contribution in [0.1, 0.15) is 30.0 Å². The van der Waals surface area contributed by atoms with E-state index in [2.05, 4.69) is 15.9 Å². The molecular weight excluding hydrogens is 370 g/mol. The molecule has 1 aromatic heterocycles. The van der Waals surface area contributed by atoms with E-state index < -0.39 is 10.0 Å². The molecule has 0 bridgehead atoms. The first-order valence-electron chi connectivity index (χ1n) is 6.82. The van der Waals surface area contributed by atoms with Gasteiger partial charge in [0.05, 0.1) is 6.04 Å². The van der Waals surface area contributed by atoms with Crippen molar-refractivity contribution in [3.05, 3.63) is 51.3 Å². The molecule has 6 heteroatoms. The summed E-state index contributed by atoms with van der Waals surface area (Å²) in [6.07, 6.45) is 1.79. The Kier molecular flexibility index (Phi) is 4.23. The third kappa shape index (κ3) is 2.70. The number of rotatable bonds is 3. The van der Waals surface area contributed by atoms with Crippen LogP contribution in [0.15, 0.2) is 44.4 Å². The second kappa shape index (κ2) is 5.83. The lowest BCUT2D eigenvalue weighted by Gasteiger charge is -2.25. The summed E-state index contributed by atoms with van der Waals surface area (Å²) in [5.74, 6) is 0. The molecule has 2 heterocycles. The summed E-state index contributed by atoms with van der Waals surface area (Å²) in [5, 5.41) is 1.80. The van der Waals surface area contributed by atoms with Crippen molar-refractivity contribution in [1.82, 2.24) is 4.31 Å². The average Bonchev–Trinajstić information content (AvgIpc) is 3.08. The van der Waals surface area contributed by atoms with Gasteiger partial charge < -0.3 is 0 Å². The highest BCUT2D eigenvalue weighted by Crippen LogP contribution is 2.40. The lowest BCUT2D eigenvalue weighted by Crippen LogP contribution is -2.30. The Bertz CT molecular complexity index is 755. The molecule has 0 radical (unpaired) electrons. The molecule has 0 saturated carbocycles. The van der Waals surface area contributed by atoms with Crippen LogP contribution in [0.25, 0.3) is 0 Å². The first-order chi connectivity index (χ1) is 10.0. The number of aryl methyl sites for hydroxylation is 1. The normalized spacial score (nSPS) is 20.0. The Morgan fingerprint density at radius 3 is 2.71 bits per heavy atom. The molecule has 1 aromatic carbocycles. The second-order valence-electron chi connectivity index (χ2n) is 5.19. The summed E-state index contributed by atoms with van der Waals surface area (Å²) in [7, 11) is -3.44. The highest BCUT2D eigenvalue weighted by molar-refractivity contribution is 9.10. The van der Waals surface area contributed by atoms with Crippen LogP contribution in [0.2, 0.25) is 0 Å². The van der Waals surface area contributed by atoms with Gasteiger partial charge in [0, 0.05) is 11.0 Å². The monoisotopic (exact) mass is 385 g/mol. The van der Waals surface area contributed by atoms with E-state index in [1.807, 2.05) is 31.2 Å². The van der Waals surface area contributed by atoms with Gasteiger partial charge in [-0.1, -0.05) is 24.3 Å². The third-order valence-corrected chi connectivity index (χ3v) is 8.43. The third-order valence-electron chi connectivity index (χ3n) is 3.88. The minimum atomic E-state index is -3.44. The molecule has 0 aliphatic carbocycles. The number of nitrogens with zero attached hydrogens (tertiary/aromatic N) is 1. The van der Waals surface area contributed by atoms with E-state index in [9.17, 15) is 8.42 Å². The van der Waals surface area contributed by atoms with Crippen molar-refractivity contribution in [2.45, 2.75) is 30.0 Å². The maximum absolute atomic E-state index is 12.9. The number of hydrogen-bond acceptors (Lipinski definition) is 3. The predicted octanol–water partition coefficient (Wildman–Crippen LogP) is 4.34. The smallest absolute Gasteiger partial charge is 0.206 e. The highest BCUT2D eigenvalue weighted by Gasteiger charge is 2.38. The molecule has 3 rings (SSSR count). The van der Waals surface area contributed by atoms with E-state index in [-0.39, 0.29) is 6.04 Å². The second-order valence-corrected chi connectivity index (χ2v) is 9.04. The topological polar surface area (TPSA) is 37.4 Å². The van der Waals surface area contributed by atoms with Crippen LogP contribution in [0.4, 0.5) is 0 Å². The number of hydrogen-bond donors (Lipinski definition) is 0. The van der Waals surface area contributed by atoms with Crippen LogP contribution in [-0.2, 0) is 10.0 Å². The molecule has 21 heavy (non-hydrogen) atoms. The molecule has 3 nitrogen and oxygen atoms in total. The zero-order valence-corrected chi connectivity index (χ0v) is 14.8. The van der Waals surface area contributed by atoms with Gasteiger partial charge in [-0.15, -0.1) is 11.3 Å². The summed E-state index contributed by atoms with van der Waals surface area (Å²) in [4.78, 5) is 0. The van der Waals surface area contributed by atoms with E-state index in [0.717, 1.165) is 24.0 Å². The maximum Gasteiger partial charge on any atom is 0.254 e. The van der Waals surface area contributed by atoms with Crippen LogP contribution in [0.3, 0.4) is 0 Å². The van der Waals surface area contributed by atoms with Gasteiger partial charge in [-0.25, -0.2) is 8.42 Å². The van der Waals surface area contributed by atoms with Gasteiger partial charge >= 0.3 is 0 Å². The average molecular weight is 386 g/mol. The molecule has 1 saturated heterocycles. The van der Waals surface area contributed by atoms with Crippen molar-refractivity contribution in [2.24, 2.45) is 0 Å². The van der Waals surface area contributed by atoms with E-state index in [4.69, 9.17) is 0 Å². The van der Waals surface area contributed by atoms with Crippen LogP contribution in [0.5, 0.6) is 0 Å². The number of benzene rings is 1. The van der Waals surface area contributed by atoms with E-state index in [0.29, 0.717) is 15.2 Å². The summed E-state index contributed by atoms with van der Waals surface area (Å²) < 4.78 is 28.6. The first-order valence-corrected chi connectivity index (χ1v) is 9.93. The first kappa shape index (κ1) is 15.2. The fourth-order valence-electron chi connectivity index (χ4n) is 2.87. The van der Waals surface area contributed by atoms with Gasteiger partial charge in [-0.3, -0.25) is 0 Å². The van der Waals surface area contributed by atoms with E-state index in [1.54, 1.807) is 15.8 Å². The van der Waals surface area contributed by atoms with Crippen molar-refractivity contribution < 1.29 is 8.42 Å². The molecule has 1 aliphatic heterocycles. The zero-order chi connectivity index (χ0) is 15.0. The van der Waals surface area contributed by atoms with Crippen molar-refractivity contribution in [1.29, 1.82) is 0 Å². The van der Waals surface area contributed by atoms with Crippen molar-refractivity contribution >= 4 is 37.3 Å². The Balaban J connectivity index is 2.02. The standard InChI is InChI=1S/C15H16BrNO2S2/c1-11-5-2-3-6-12(11)14-7-4-9-17(14)21(18,19)15-13(16)8-10-20-15/h2-3,5-6,8,10,14H,4,7,9H2,1H3. The molecule has 2 aromatic rings. The molecule has 1 aliphatic rings. The van der Waals surface area contributed by atoms with Crippen molar-refractivity contribution in [2.75, 3.05) is 6.54 Å². The summed E-state index contributed by atoms with van der Waals surface area (Å²) in [6, 6.07) is 9.78. The van der Waals surface area contributed by atoms with Gasteiger partial charge in [-0.2, -0.15) is 4.31 Å². The van der Waals surface area contributed by atoms with Gasteiger partial charge in [0.15, 0.2) is 0 Å². The van der Waals surface area contributed by atoms with Gasteiger partial charge in [-0.05, 0) is 58.3 Å². The minimum Gasteiger partial charge on any atom is -0.206 e. The van der Waals surface area contributed by atoms with E-state index >= 15 is 0 Å². The summed E-state index contributed by atoms with van der Waals surface area (Å²) >= 11 is 4.61. The summed E-state index contributed by atoms with van der Waals surface area (Å²) in [5.41, 5.74) is 2.26. The summed E-state index contributed by atoms with van der Waals surface area (Å²) in [6.45, 7) is 2.63. The number of halogens is 1. The lowest BCUT2D eigenvalue weighted by molar-refractivity contribution is 0.396. The highest BCUT2D eigenvalue weighted by atomic mass is 79.9. The van der Waals surface area contributed by atoms with Crippen LogP contribution >= 0.6 is 27.3 Å². The van der Waals surface area contributed by atoms with Crippen molar-refractivity contribution in [3.8, 4) is 0 Å². The number of sulfonamides is 1. The van der Waals surface area contributed by atoms with Crippen LogP contribution in [-0.4, -0.2) is 19.3 Å². The SMILES string of the molecule is Cc1ccccc1C1CCCN1S(=O)(=O)c1sccc1Br. The maximum atomic E-state index is 12.9. The quantitative estimate of drug-likeness (QED) is 0.787. The van der Waals surface area contributed by atoms with Crippen LogP contribution in [0, 0.1) is 6.92 Å². The van der Waals surface area contributed by atoms with Gasteiger partial charge in [0.25, 0.3) is 10.0 Å². The zero-order valence-electron chi connectivity index (χ0n) is 11.6. The fraction of sp³-hybridized carbons (Fsp3) is 0.333. The molecule has 0 amide bonds. The predicted molar refractivity (Wildman–Crippen MR) is 89.1 cm³/mol. The largest absolute Gasteiger partial charge is 0.254 e. The Labute approximate surface area is 137 Å². The molecule has 1 unspecified atom stereocenters. The molecule has 1 atom stereocenters. The van der Waals surface area contributed by atoms with Gasteiger partial charge in [0.2, 0.25) is 0 Å². The van der Waals surface area contributed by atoms with Crippen LogP contribution < -0.4 is 0 Å². The Morgan fingerprint density at radius 2 is 2.05 bits per heavy atom. The lowest BCUT2D eigenvalue weighted by atomic mass is 10.0. The molecule has 112 valence electrons. The van der Waals surface area contributed by atoms with Gasteiger partial charge in [0.1, 0.15) is 4.21 Å². The molecular formula is C15H16BrNO2S2. The number of thiophene rings is 1. The molecule has 0 N–H and O–H groups in total.